The van der Waals surface area contributed by atoms with Crippen LogP contribution in [0.4, 0.5) is 34.1 Å². The second-order valence-electron chi connectivity index (χ2n) is 26.7. The molecule has 0 N–H and O–H groups in total. The maximum atomic E-state index is 2.47. The van der Waals surface area contributed by atoms with Crippen LogP contribution in [-0.4, -0.2) is 18.3 Å². The number of para-hydroxylation sites is 4. The molecule has 0 aliphatic heterocycles. The van der Waals surface area contributed by atoms with E-state index in [1.165, 1.54) is 65.9 Å². The van der Waals surface area contributed by atoms with Crippen molar-refractivity contribution in [3.05, 3.63) is 387 Å². The minimum atomic E-state index is 1.06. The number of aromatic nitrogens is 4. The summed E-state index contributed by atoms with van der Waals surface area (Å²) < 4.78 is 9.71. The Kier molecular flexibility index (Phi) is 14.6. The lowest BCUT2D eigenvalue weighted by Crippen LogP contribution is -2.10. The molecule has 102 heavy (non-hydrogen) atoms. The van der Waals surface area contributed by atoms with Crippen LogP contribution in [-0.2, 0) is 0 Å². The van der Waals surface area contributed by atoms with Gasteiger partial charge < -0.3 is 28.1 Å². The summed E-state index contributed by atoms with van der Waals surface area (Å²) in [6.45, 7) is 4.31. The van der Waals surface area contributed by atoms with Crippen LogP contribution in [0.25, 0.3) is 133 Å². The fraction of sp³-hybridized carbons (Fsp3) is 0.0208. The third kappa shape index (κ3) is 10.4. The molecule has 4 heterocycles. The molecule has 0 aliphatic rings. The molecule has 0 spiro atoms. The van der Waals surface area contributed by atoms with Crippen LogP contribution in [0.15, 0.2) is 376 Å². The minimum Gasteiger partial charge on any atom is -0.310 e. The molecule has 0 saturated carbocycles. The Morgan fingerprint density at radius 3 is 0.882 bits per heavy atom. The van der Waals surface area contributed by atoms with Crippen molar-refractivity contribution in [3.63, 3.8) is 0 Å². The molecular formula is C96H68N6. The third-order valence-electron chi connectivity index (χ3n) is 20.4. The van der Waals surface area contributed by atoms with Gasteiger partial charge in [0.25, 0.3) is 0 Å². The summed E-state index contributed by atoms with van der Waals surface area (Å²) in [7, 11) is 0. The van der Waals surface area contributed by atoms with Gasteiger partial charge in [-0.25, -0.2) is 0 Å². The molecular weight excluding hydrogens is 1240 g/mol. The predicted molar refractivity (Wildman–Crippen MR) is 429 cm³/mol. The first-order chi connectivity index (χ1) is 50.4. The zero-order valence-corrected chi connectivity index (χ0v) is 56.5. The largest absolute Gasteiger partial charge is 0.310 e. The van der Waals surface area contributed by atoms with Crippen LogP contribution in [0.5, 0.6) is 0 Å². The number of fused-ring (bicyclic) bond motifs is 8. The molecule has 0 bridgehead atoms. The van der Waals surface area contributed by atoms with Gasteiger partial charge in [-0.05, 0) is 229 Å². The first-order valence-corrected chi connectivity index (χ1v) is 35.0. The molecule has 0 radical (unpaired) electrons. The van der Waals surface area contributed by atoms with Crippen molar-refractivity contribution in [3.8, 4) is 67.5 Å². The average molecular weight is 1310 g/mol. The standard InChI is InChI=1S/C96H68N6/c1-65-37-41-77(42-38-65)97(83-53-55-91-87(63-83)85-33-15-17-35-89(85)99(91)75-29-11-5-12-30-75)79-45-49-81(50-46-79)101-93(71-27-19-25-69(57-71)67-21-7-3-8-22-67)59-73-62-96-74(61-95(73)101)60-94(72-28-20-26-70(58-72)68-23-9-4-10-24-68)102(96)82-51-47-80(48-52-82)98(78-43-39-66(2)40-44-78)84-54-56-92-88(64-84)86-34-16-18-36-90(86)100(92)76-31-13-6-14-32-76/h3-64H,1-2H3. The highest BCUT2D eigenvalue weighted by Crippen LogP contribution is 2.46. The Balaban J connectivity index is 0.776. The number of benzene rings is 15. The van der Waals surface area contributed by atoms with Crippen molar-refractivity contribution in [1.82, 2.24) is 18.3 Å². The lowest BCUT2D eigenvalue weighted by molar-refractivity contribution is 1.13. The van der Waals surface area contributed by atoms with Crippen molar-refractivity contribution in [1.29, 1.82) is 0 Å². The highest BCUT2D eigenvalue weighted by Gasteiger charge is 2.24. The van der Waals surface area contributed by atoms with Gasteiger partial charge in [0.2, 0.25) is 0 Å². The van der Waals surface area contributed by atoms with Crippen LogP contribution in [0, 0.1) is 13.8 Å². The van der Waals surface area contributed by atoms with Crippen LogP contribution in [0.2, 0.25) is 0 Å². The van der Waals surface area contributed by atoms with Crippen molar-refractivity contribution < 1.29 is 0 Å². The van der Waals surface area contributed by atoms with Crippen molar-refractivity contribution in [2.75, 3.05) is 9.80 Å². The normalized spacial score (nSPS) is 11.6. The first kappa shape index (κ1) is 59.8. The van der Waals surface area contributed by atoms with E-state index >= 15 is 0 Å². The highest BCUT2D eigenvalue weighted by atomic mass is 15.2. The Hall–Kier alpha value is -13.4. The van der Waals surface area contributed by atoms with Gasteiger partial charge in [-0.1, -0.05) is 205 Å². The molecule has 0 fully saturated rings. The number of nitrogens with zero attached hydrogens (tertiary/aromatic N) is 6. The van der Waals surface area contributed by atoms with E-state index in [-0.39, 0.29) is 0 Å². The number of rotatable bonds is 14. The van der Waals surface area contributed by atoms with Crippen LogP contribution >= 0.6 is 0 Å². The molecule has 0 amide bonds. The van der Waals surface area contributed by atoms with Gasteiger partial charge >= 0.3 is 0 Å². The summed E-state index contributed by atoms with van der Waals surface area (Å²) in [5.74, 6) is 0. The summed E-state index contributed by atoms with van der Waals surface area (Å²) in [6, 6.07) is 138. The summed E-state index contributed by atoms with van der Waals surface area (Å²) in [5, 5.41) is 7.09. The maximum Gasteiger partial charge on any atom is 0.0542 e. The van der Waals surface area contributed by atoms with E-state index < -0.39 is 0 Å². The first-order valence-electron chi connectivity index (χ1n) is 35.0. The summed E-state index contributed by atoms with van der Waals surface area (Å²) in [5.41, 5.74) is 29.3. The van der Waals surface area contributed by atoms with E-state index in [1.807, 2.05) is 0 Å². The van der Waals surface area contributed by atoms with E-state index in [2.05, 4.69) is 418 Å². The quantitative estimate of drug-likeness (QED) is 0.108. The van der Waals surface area contributed by atoms with Gasteiger partial charge in [0, 0.05) is 89.2 Å². The molecule has 19 rings (SSSR count). The lowest BCUT2D eigenvalue weighted by atomic mass is 10.0. The average Bonchev–Trinajstić information content (AvgIpc) is 1.59. The maximum absolute atomic E-state index is 2.47. The van der Waals surface area contributed by atoms with Crippen LogP contribution in [0.1, 0.15) is 11.1 Å². The van der Waals surface area contributed by atoms with Gasteiger partial charge in [0.1, 0.15) is 0 Å². The monoisotopic (exact) mass is 1300 g/mol. The fourth-order valence-electron chi connectivity index (χ4n) is 15.6. The molecule has 0 aliphatic carbocycles. The Bertz CT molecular complexity index is 5950. The zero-order chi connectivity index (χ0) is 67.8. The number of anilines is 6. The van der Waals surface area contributed by atoms with Crippen molar-refractivity contribution >= 4 is 99.5 Å². The van der Waals surface area contributed by atoms with Gasteiger partial charge in [-0.3, -0.25) is 0 Å². The molecule has 6 nitrogen and oxygen atoms in total. The van der Waals surface area contributed by atoms with E-state index in [4.69, 9.17) is 0 Å². The molecule has 482 valence electrons. The van der Waals surface area contributed by atoms with Gasteiger partial charge in [-0.2, -0.15) is 0 Å². The van der Waals surface area contributed by atoms with Crippen LogP contribution in [0.3, 0.4) is 0 Å². The van der Waals surface area contributed by atoms with Gasteiger partial charge in [0.05, 0.1) is 44.5 Å². The van der Waals surface area contributed by atoms with E-state index in [1.54, 1.807) is 0 Å². The Labute approximate surface area is 592 Å². The molecule has 19 aromatic rings. The predicted octanol–water partition coefficient (Wildman–Crippen LogP) is 26.0. The summed E-state index contributed by atoms with van der Waals surface area (Å²) >= 11 is 0. The summed E-state index contributed by atoms with van der Waals surface area (Å²) in [6.07, 6.45) is 0. The van der Waals surface area contributed by atoms with Gasteiger partial charge in [0.15, 0.2) is 0 Å². The smallest absolute Gasteiger partial charge is 0.0542 e. The van der Waals surface area contributed by atoms with Crippen molar-refractivity contribution in [2.45, 2.75) is 13.8 Å². The number of aryl methyl sites for hydroxylation is 2. The minimum absolute atomic E-state index is 1.06. The molecule has 0 unspecified atom stereocenters. The highest BCUT2D eigenvalue weighted by molar-refractivity contribution is 6.12. The second kappa shape index (κ2) is 24.8. The Morgan fingerprint density at radius 2 is 0.490 bits per heavy atom. The van der Waals surface area contributed by atoms with Crippen LogP contribution < -0.4 is 9.80 Å². The molecule has 15 aromatic carbocycles. The number of hydrogen-bond acceptors (Lipinski definition) is 2. The fourth-order valence-corrected chi connectivity index (χ4v) is 15.6. The summed E-state index contributed by atoms with van der Waals surface area (Å²) in [4.78, 5) is 4.79. The zero-order valence-electron chi connectivity index (χ0n) is 56.5. The molecule has 0 atom stereocenters. The number of hydrogen-bond donors (Lipinski definition) is 0. The Morgan fingerprint density at radius 1 is 0.186 bits per heavy atom. The SMILES string of the molecule is Cc1ccc(N(c2ccc(-n3c(-c4cccc(-c5ccccc5)c4)cc4cc5c(cc(-c6cccc(-c7ccccc7)c6)n5-c5ccc(N(c6ccc(C)cc6)c6ccc7c(c6)c6ccccc6n7-c6ccccc6)cc5)cc43)cc2)c2ccc3c(c2)c2ccccc2n3-c2ccccc2)cc1. The lowest BCUT2D eigenvalue weighted by Gasteiger charge is -2.26. The van der Waals surface area contributed by atoms with Crippen molar-refractivity contribution in [2.24, 2.45) is 0 Å². The van der Waals surface area contributed by atoms with E-state index in [9.17, 15) is 0 Å². The van der Waals surface area contributed by atoms with Gasteiger partial charge in [-0.15, -0.1) is 0 Å². The van der Waals surface area contributed by atoms with E-state index in [0.717, 1.165) is 112 Å². The molecule has 6 heteroatoms. The topological polar surface area (TPSA) is 26.2 Å². The molecule has 4 aromatic heterocycles. The van der Waals surface area contributed by atoms with E-state index in [0.29, 0.717) is 0 Å². The second-order valence-corrected chi connectivity index (χ2v) is 26.7. The molecule has 0 saturated heterocycles. The third-order valence-corrected chi connectivity index (χ3v) is 20.4.